The minimum Gasteiger partial charge on any atom is -0.346 e. The molecule has 0 aliphatic rings. The normalized spacial score (nSPS) is 9.92. The highest BCUT2D eigenvalue weighted by molar-refractivity contribution is 5.83. The molecule has 0 rings (SSSR count). The molecule has 0 atom stereocenters. The van der Waals surface area contributed by atoms with Crippen molar-refractivity contribution in [2.75, 3.05) is 13.6 Å². The molecule has 71 valence electrons. The Kier molecular flexibility index (Phi) is 6.82. The van der Waals surface area contributed by atoms with E-state index in [-0.39, 0.29) is 5.91 Å². The van der Waals surface area contributed by atoms with Gasteiger partial charge in [-0.1, -0.05) is 33.1 Å². The Morgan fingerprint density at radius 1 is 1.33 bits per heavy atom. The fourth-order valence-corrected chi connectivity index (χ4v) is 1.11. The number of carbonyl (C=O) groups is 1. The minimum atomic E-state index is 0.131. The van der Waals surface area contributed by atoms with Gasteiger partial charge in [0.15, 0.2) is 0 Å². The van der Waals surface area contributed by atoms with Crippen molar-refractivity contribution in [1.29, 1.82) is 0 Å². The molecule has 0 spiro atoms. The van der Waals surface area contributed by atoms with E-state index in [0.717, 1.165) is 13.0 Å². The van der Waals surface area contributed by atoms with Gasteiger partial charge in [0.25, 0.3) is 0 Å². The van der Waals surface area contributed by atoms with E-state index in [9.17, 15) is 4.79 Å². The second-order valence-electron chi connectivity index (χ2n) is 3.11. The van der Waals surface area contributed by atoms with Crippen molar-refractivity contribution in [2.45, 2.75) is 39.5 Å². The van der Waals surface area contributed by atoms with Gasteiger partial charge in [0, 0.05) is 20.0 Å². The Morgan fingerprint density at radius 3 is 2.50 bits per heavy atom. The number of rotatable bonds is 6. The summed E-state index contributed by atoms with van der Waals surface area (Å²) in [6, 6.07) is 0. The maximum atomic E-state index is 11.0. The lowest BCUT2D eigenvalue weighted by atomic mass is 10.2. The lowest BCUT2D eigenvalue weighted by Crippen LogP contribution is -2.27. The van der Waals surface area contributed by atoms with E-state index in [0.29, 0.717) is 0 Å². The van der Waals surface area contributed by atoms with Crippen molar-refractivity contribution < 1.29 is 4.79 Å². The molecule has 0 fully saturated rings. The second kappa shape index (κ2) is 7.14. The van der Waals surface area contributed by atoms with Crippen LogP contribution in [-0.2, 0) is 4.79 Å². The molecule has 0 saturated carbocycles. The monoisotopic (exact) mass is 170 g/mol. The number of amides is 1. The van der Waals surface area contributed by atoms with E-state index in [1.165, 1.54) is 19.3 Å². The SMILES string of the molecule is C[CH]C(=O)N(C)CCCCCC. The first kappa shape index (κ1) is 11.5. The third kappa shape index (κ3) is 5.16. The van der Waals surface area contributed by atoms with Gasteiger partial charge in [-0.2, -0.15) is 0 Å². The summed E-state index contributed by atoms with van der Waals surface area (Å²) >= 11 is 0. The Labute approximate surface area is 75.9 Å². The summed E-state index contributed by atoms with van der Waals surface area (Å²) in [7, 11) is 1.86. The zero-order valence-electron chi connectivity index (χ0n) is 8.47. The van der Waals surface area contributed by atoms with Gasteiger partial charge >= 0.3 is 0 Å². The lowest BCUT2D eigenvalue weighted by molar-refractivity contribution is -0.126. The summed E-state index contributed by atoms with van der Waals surface area (Å²) < 4.78 is 0. The molecule has 0 heterocycles. The molecule has 1 amide bonds. The molecular formula is C10H20NO. The van der Waals surface area contributed by atoms with E-state index in [1.54, 1.807) is 18.2 Å². The number of unbranched alkanes of at least 4 members (excludes halogenated alkanes) is 3. The molecule has 0 aromatic carbocycles. The van der Waals surface area contributed by atoms with Crippen LogP contribution in [0.1, 0.15) is 39.5 Å². The predicted molar refractivity (Wildman–Crippen MR) is 51.8 cm³/mol. The third-order valence-corrected chi connectivity index (χ3v) is 1.97. The first-order chi connectivity index (χ1) is 5.72. The van der Waals surface area contributed by atoms with E-state index >= 15 is 0 Å². The van der Waals surface area contributed by atoms with Crippen LogP contribution in [0.3, 0.4) is 0 Å². The van der Waals surface area contributed by atoms with Gasteiger partial charge in [-0.05, 0) is 6.42 Å². The molecule has 0 unspecified atom stereocenters. The van der Waals surface area contributed by atoms with Crippen molar-refractivity contribution in [2.24, 2.45) is 0 Å². The quantitative estimate of drug-likeness (QED) is 0.560. The van der Waals surface area contributed by atoms with Crippen molar-refractivity contribution in [3.63, 3.8) is 0 Å². The highest BCUT2D eigenvalue weighted by Gasteiger charge is 2.03. The molecule has 12 heavy (non-hydrogen) atoms. The molecule has 0 bridgehead atoms. The fraction of sp³-hybridized carbons (Fsp3) is 0.800. The molecule has 0 saturated heterocycles. The maximum Gasteiger partial charge on any atom is 0.225 e. The van der Waals surface area contributed by atoms with Crippen LogP contribution >= 0.6 is 0 Å². The van der Waals surface area contributed by atoms with Crippen molar-refractivity contribution in [1.82, 2.24) is 4.90 Å². The summed E-state index contributed by atoms with van der Waals surface area (Å²) in [5.74, 6) is 0.131. The van der Waals surface area contributed by atoms with Crippen LogP contribution < -0.4 is 0 Å². The topological polar surface area (TPSA) is 20.3 Å². The molecule has 0 aromatic rings. The molecular weight excluding hydrogens is 150 g/mol. The van der Waals surface area contributed by atoms with E-state index in [4.69, 9.17) is 0 Å². The first-order valence-corrected chi connectivity index (χ1v) is 4.76. The summed E-state index contributed by atoms with van der Waals surface area (Å²) in [5.41, 5.74) is 0. The van der Waals surface area contributed by atoms with Crippen LogP contribution in [0.4, 0.5) is 0 Å². The summed E-state index contributed by atoms with van der Waals surface area (Å²) in [6.45, 7) is 4.86. The molecule has 1 radical (unpaired) electrons. The summed E-state index contributed by atoms with van der Waals surface area (Å²) in [4.78, 5) is 12.8. The van der Waals surface area contributed by atoms with Gasteiger partial charge in [0.2, 0.25) is 5.91 Å². The lowest BCUT2D eigenvalue weighted by Gasteiger charge is -2.15. The molecule has 2 heteroatoms. The Balaban J connectivity index is 3.31. The molecule has 0 aliphatic carbocycles. The van der Waals surface area contributed by atoms with Crippen LogP contribution in [0.15, 0.2) is 0 Å². The van der Waals surface area contributed by atoms with Gasteiger partial charge in [-0.25, -0.2) is 0 Å². The van der Waals surface area contributed by atoms with E-state index in [1.807, 2.05) is 7.05 Å². The highest BCUT2D eigenvalue weighted by Crippen LogP contribution is 2.00. The fourth-order valence-electron chi connectivity index (χ4n) is 1.11. The first-order valence-electron chi connectivity index (χ1n) is 4.76. The Bertz CT molecular complexity index is 123. The van der Waals surface area contributed by atoms with Gasteiger partial charge in [-0.3, -0.25) is 4.79 Å². The molecule has 0 aliphatic heterocycles. The predicted octanol–water partition coefficient (Wildman–Crippen LogP) is 2.25. The van der Waals surface area contributed by atoms with Crippen LogP contribution in [0.25, 0.3) is 0 Å². The van der Waals surface area contributed by atoms with Crippen LogP contribution in [0.2, 0.25) is 0 Å². The summed E-state index contributed by atoms with van der Waals surface area (Å²) in [6.07, 6.45) is 6.50. The van der Waals surface area contributed by atoms with Gasteiger partial charge < -0.3 is 4.90 Å². The molecule has 0 N–H and O–H groups in total. The zero-order chi connectivity index (χ0) is 9.40. The second-order valence-corrected chi connectivity index (χ2v) is 3.11. The van der Waals surface area contributed by atoms with Gasteiger partial charge in [-0.15, -0.1) is 0 Å². The maximum absolute atomic E-state index is 11.0. The third-order valence-electron chi connectivity index (χ3n) is 1.97. The van der Waals surface area contributed by atoms with E-state index in [2.05, 4.69) is 6.92 Å². The van der Waals surface area contributed by atoms with Crippen LogP contribution in [0.5, 0.6) is 0 Å². The number of hydrogen-bond donors (Lipinski definition) is 0. The number of carbonyl (C=O) groups excluding carboxylic acids is 1. The van der Waals surface area contributed by atoms with E-state index < -0.39 is 0 Å². The average molecular weight is 170 g/mol. The largest absolute Gasteiger partial charge is 0.346 e. The Hall–Kier alpha value is -0.530. The van der Waals surface area contributed by atoms with Gasteiger partial charge in [0.1, 0.15) is 0 Å². The highest BCUT2D eigenvalue weighted by atomic mass is 16.2. The molecule has 2 nitrogen and oxygen atoms in total. The number of nitrogens with zero attached hydrogens (tertiary/aromatic N) is 1. The minimum absolute atomic E-state index is 0.131. The smallest absolute Gasteiger partial charge is 0.225 e. The van der Waals surface area contributed by atoms with Crippen molar-refractivity contribution in [3.05, 3.63) is 6.42 Å². The average Bonchev–Trinajstić information content (AvgIpc) is 2.10. The van der Waals surface area contributed by atoms with Crippen molar-refractivity contribution in [3.8, 4) is 0 Å². The standard InChI is InChI=1S/C10H20NO/c1-4-6-7-8-9-11(3)10(12)5-2/h5H,4,6-9H2,1-3H3. The molecule has 0 aromatic heterocycles. The van der Waals surface area contributed by atoms with Crippen molar-refractivity contribution >= 4 is 5.91 Å². The Morgan fingerprint density at radius 2 is 2.00 bits per heavy atom. The van der Waals surface area contributed by atoms with Crippen LogP contribution in [-0.4, -0.2) is 24.4 Å². The zero-order valence-corrected chi connectivity index (χ0v) is 8.47. The van der Waals surface area contributed by atoms with Gasteiger partial charge in [0.05, 0.1) is 0 Å². The number of hydrogen-bond acceptors (Lipinski definition) is 1. The summed E-state index contributed by atoms with van der Waals surface area (Å²) in [5, 5.41) is 0. The van der Waals surface area contributed by atoms with Crippen LogP contribution in [0, 0.1) is 6.42 Å².